The maximum atomic E-state index is 13.0. The van der Waals surface area contributed by atoms with Crippen LogP contribution in [0.15, 0.2) is 78.3 Å². The molecule has 0 spiro atoms. The summed E-state index contributed by atoms with van der Waals surface area (Å²) in [4.78, 5) is 25.7. The third-order valence-corrected chi connectivity index (χ3v) is 5.15. The number of nitrogens with one attached hydrogen (secondary N) is 1. The number of amides is 1. The van der Waals surface area contributed by atoms with Crippen LogP contribution in [0.3, 0.4) is 0 Å². The van der Waals surface area contributed by atoms with Crippen molar-refractivity contribution in [2.75, 3.05) is 12.4 Å². The van der Waals surface area contributed by atoms with Crippen LogP contribution in [0.5, 0.6) is 0 Å². The molecule has 0 fully saturated rings. The summed E-state index contributed by atoms with van der Waals surface area (Å²) in [6.45, 7) is 0. The normalized spacial score (nSPS) is 10.5. The fourth-order valence-corrected chi connectivity index (χ4v) is 3.61. The summed E-state index contributed by atoms with van der Waals surface area (Å²) in [6.07, 6.45) is 1.71. The zero-order chi connectivity index (χ0) is 20.2. The number of para-hydroxylation sites is 1. The van der Waals surface area contributed by atoms with Gasteiger partial charge in [-0.25, -0.2) is 9.48 Å². The van der Waals surface area contributed by atoms with E-state index in [4.69, 9.17) is 4.74 Å². The smallest absolute Gasteiger partial charge is 0.337 e. The Morgan fingerprint density at radius 2 is 1.86 bits per heavy atom. The molecule has 0 aliphatic carbocycles. The molecule has 2 heterocycles. The van der Waals surface area contributed by atoms with Crippen LogP contribution in [0.25, 0.3) is 16.3 Å². The minimum absolute atomic E-state index is 0.308. The Morgan fingerprint density at radius 1 is 1.03 bits per heavy atom. The molecule has 0 saturated heterocycles. The largest absolute Gasteiger partial charge is 0.465 e. The number of methoxy groups -OCH3 is 1. The molecule has 0 unspecified atom stereocenters. The number of nitrogens with zero attached hydrogens (tertiary/aromatic N) is 2. The van der Waals surface area contributed by atoms with E-state index >= 15 is 0 Å². The summed E-state index contributed by atoms with van der Waals surface area (Å²) in [7, 11) is 1.32. The molecule has 1 amide bonds. The lowest BCUT2D eigenvalue weighted by Gasteiger charge is -2.06. The maximum absolute atomic E-state index is 13.0. The van der Waals surface area contributed by atoms with Gasteiger partial charge in [0.25, 0.3) is 5.91 Å². The molecule has 144 valence electrons. The molecule has 0 aliphatic heterocycles. The van der Waals surface area contributed by atoms with Gasteiger partial charge in [0.2, 0.25) is 0 Å². The number of carbonyl (C=O) groups excluding carboxylic acids is 2. The average Bonchev–Trinajstić information content (AvgIpc) is 3.44. The second-order valence-corrected chi connectivity index (χ2v) is 7.12. The van der Waals surface area contributed by atoms with Crippen LogP contribution in [0.1, 0.15) is 20.7 Å². The fraction of sp³-hybridized carbons (Fsp3) is 0.0455. The standard InChI is InChI=1S/C22H17N3O3S/c1-28-22(27)15-7-5-8-16(13-15)23-21(26)18-14-25(17-9-3-2-4-10-17)24-20(18)19-11-6-12-29-19/h2-14H,1H3,(H,23,26). The first-order valence-electron chi connectivity index (χ1n) is 8.84. The van der Waals surface area contributed by atoms with Gasteiger partial charge in [-0.3, -0.25) is 4.79 Å². The van der Waals surface area contributed by atoms with Gasteiger partial charge in [0.05, 0.1) is 28.8 Å². The molecule has 4 aromatic rings. The van der Waals surface area contributed by atoms with Crippen LogP contribution >= 0.6 is 11.3 Å². The van der Waals surface area contributed by atoms with E-state index < -0.39 is 5.97 Å². The van der Waals surface area contributed by atoms with E-state index in [9.17, 15) is 9.59 Å². The van der Waals surface area contributed by atoms with Crippen molar-refractivity contribution < 1.29 is 14.3 Å². The van der Waals surface area contributed by atoms with Crippen molar-refractivity contribution in [2.24, 2.45) is 0 Å². The lowest BCUT2D eigenvalue weighted by Crippen LogP contribution is -2.13. The predicted molar refractivity (Wildman–Crippen MR) is 113 cm³/mol. The molecular formula is C22H17N3O3S. The number of hydrogen-bond acceptors (Lipinski definition) is 5. The van der Waals surface area contributed by atoms with Crippen molar-refractivity contribution in [1.82, 2.24) is 9.78 Å². The number of rotatable bonds is 5. The number of aromatic nitrogens is 2. The van der Waals surface area contributed by atoms with Gasteiger partial charge in [0.15, 0.2) is 0 Å². The highest BCUT2D eigenvalue weighted by atomic mass is 32.1. The topological polar surface area (TPSA) is 73.2 Å². The van der Waals surface area contributed by atoms with Gasteiger partial charge in [-0.05, 0) is 41.8 Å². The van der Waals surface area contributed by atoms with Gasteiger partial charge in [-0.15, -0.1) is 11.3 Å². The molecule has 29 heavy (non-hydrogen) atoms. The third-order valence-electron chi connectivity index (χ3n) is 4.28. The summed E-state index contributed by atoms with van der Waals surface area (Å²) in [6, 6.07) is 20.1. The number of anilines is 1. The highest BCUT2D eigenvalue weighted by molar-refractivity contribution is 7.13. The van der Waals surface area contributed by atoms with Crippen molar-refractivity contribution in [3.05, 3.63) is 89.4 Å². The number of thiophene rings is 1. The van der Waals surface area contributed by atoms with Crippen LogP contribution in [0.4, 0.5) is 5.69 Å². The SMILES string of the molecule is COC(=O)c1cccc(NC(=O)c2cn(-c3ccccc3)nc2-c2cccs2)c1. The van der Waals surface area contributed by atoms with Gasteiger partial charge in [-0.1, -0.05) is 30.3 Å². The number of hydrogen-bond donors (Lipinski definition) is 1. The zero-order valence-corrected chi connectivity index (χ0v) is 16.3. The Morgan fingerprint density at radius 3 is 2.59 bits per heavy atom. The van der Waals surface area contributed by atoms with Crippen LogP contribution in [0, 0.1) is 0 Å². The molecule has 4 rings (SSSR count). The van der Waals surface area contributed by atoms with Crippen LogP contribution in [-0.2, 0) is 4.74 Å². The molecular weight excluding hydrogens is 386 g/mol. The first-order valence-corrected chi connectivity index (χ1v) is 9.72. The maximum Gasteiger partial charge on any atom is 0.337 e. The second-order valence-electron chi connectivity index (χ2n) is 6.18. The molecule has 1 N–H and O–H groups in total. The third kappa shape index (κ3) is 3.95. The minimum atomic E-state index is -0.461. The van der Waals surface area contributed by atoms with Crippen LogP contribution in [-0.4, -0.2) is 28.8 Å². The summed E-state index contributed by atoms with van der Waals surface area (Å²) in [5, 5.41) is 9.43. The molecule has 0 aliphatic rings. The average molecular weight is 403 g/mol. The Bertz CT molecular complexity index is 1150. The van der Waals surface area contributed by atoms with Crippen molar-refractivity contribution in [2.45, 2.75) is 0 Å². The summed E-state index contributed by atoms with van der Waals surface area (Å²) >= 11 is 1.51. The Hall–Kier alpha value is -3.71. The Kier molecular flexibility index (Phi) is 5.22. The quantitative estimate of drug-likeness (QED) is 0.493. The molecule has 7 heteroatoms. The van der Waals surface area contributed by atoms with Gasteiger partial charge in [0.1, 0.15) is 5.69 Å². The number of carbonyl (C=O) groups is 2. The van der Waals surface area contributed by atoms with Crippen LogP contribution < -0.4 is 5.32 Å². The molecule has 0 bridgehead atoms. The highest BCUT2D eigenvalue weighted by Gasteiger charge is 2.20. The monoisotopic (exact) mass is 403 g/mol. The fourth-order valence-electron chi connectivity index (χ4n) is 2.89. The van der Waals surface area contributed by atoms with Gasteiger partial charge in [0, 0.05) is 11.9 Å². The van der Waals surface area contributed by atoms with Gasteiger partial charge < -0.3 is 10.1 Å². The summed E-state index contributed by atoms with van der Waals surface area (Å²) in [5.41, 5.74) is 2.77. The van der Waals surface area contributed by atoms with E-state index in [1.807, 2.05) is 47.8 Å². The van der Waals surface area contributed by atoms with E-state index in [0.717, 1.165) is 10.6 Å². The number of benzene rings is 2. The van der Waals surface area contributed by atoms with E-state index in [1.165, 1.54) is 18.4 Å². The summed E-state index contributed by atoms with van der Waals surface area (Å²) < 4.78 is 6.43. The molecule has 6 nitrogen and oxygen atoms in total. The summed E-state index contributed by atoms with van der Waals surface area (Å²) in [5.74, 6) is -0.769. The lowest BCUT2D eigenvalue weighted by atomic mass is 10.1. The van der Waals surface area contributed by atoms with E-state index in [2.05, 4.69) is 10.4 Å². The van der Waals surface area contributed by atoms with E-state index in [1.54, 1.807) is 35.1 Å². The van der Waals surface area contributed by atoms with E-state index in [-0.39, 0.29) is 5.91 Å². The molecule has 0 atom stereocenters. The van der Waals surface area contributed by atoms with Crippen molar-refractivity contribution in [3.8, 4) is 16.3 Å². The van der Waals surface area contributed by atoms with E-state index in [0.29, 0.717) is 22.5 Å². The van der Waals surface area contributed by atoms with Crippen LogP contribution in [0.2, 0.25) is 0 Å². The molecule has 2 aromatic carbocycles. The lowest BCUT2D eigenvalue weighted by molar-refractivity contribution is 0.0600. The van der Waals surface area contributed by atoms with Gasteiger partial charge in [-0.2, -0.15) is 5.10 Å². The molecule has 2 aromatic heterocycles. The highest BCUT2D eigenvalue weighted by Crippen LogP contribution is 2.28. The molecule has 0 radical (unpaired) electrons. The van der Waals surface area contributed by atoms with Gasteiger partial charge >= 0.3 is 5.97 Å². The first kappa shape index (κ1) is 18.6. The predicted octanol–water partition coefficient (Wildman–Crippen LogP) is 4.64. The Balaban J connectivity index is 1.69. The van der Waals surface area contributed by atoms with Crippen molar-refractivity contribution in [3.63, 3.8) is 0 Å². The number of ether oxygens (including phenoxy) is 1. The number of esters is 1. The second kappa shape index (κ2) is 8.12. The zero-order valence-electron chi connectivity index (χ0n) is 15.5. The minimum Gasteiger partial charge on any atom is -0.465 e. The first-order chi connectivity index (χ1) is 14.2. The Labute approximate surface area is 171 Å². The van der Waals surface area contributed by atoms with Crippen molar-refractivity contribution in [1.29, 1.82) is 0 Å². The molecule has 0 saturated carbocycles. The van der Waals surface area contributed by atoms with Crippen molar-refractivity contribution >= 4 is 28.9 Å².